The van der Waals surface area contributed by atoms with Crippen LogP contribution < -0.4 is 11.2 Å². The van der Waals surface area contributed by atoms with E-state index in [4.69, 9.17) is 14.2 Å². The second-order valence-electron chi connectivity index (χ2n) is 4.93. The summed E-state index contributed by atoms with van der Waals surface area (Å²) in [4.78, 5) is 34.2. The maximum atomic E-state index is 11.8. The van der Waals surface area contributed by atoms with Crippen LogP contribution in [0.3, 0.4) is 0 Å². The maximum absolute atomic E-state index is 11.8. The Labute approximate surface area is 120 Å². The summed E-state index contributed by atoms with van der Waals surface area (Å²) < 4.78 is 22.4. The van der Waals surface area contributed by atoms with Crippen molar-refractivity contribution in [1.29, 1.82) is 0 Å². The van der Waals surface area contributed by atoms with Gasteiger partial charge in [-0.2, -0.15) is 0 Å². The highest BCUT2D eigenvalue weighted by atomic mass is 31.1. The number of aliphatic hydroxyl groups is 1. The van der Waals surface area contributed by atoms with Gasteiger partial charge in [-0.05, 0) is 13.8 Å². The zero-order chi connectivity index (χ0) is 15.7. The lowest BCUT2D eigenvalue weighted by Crippen LogP contribution is -2.34. The minimum absolute atomic E-state index is 0.109. The molecule has 1 aliphatic heterocycles. The predicted molar refractivity (Wildman–Crippen MR) is 72.4 cm³/mol. The average Bonchev–Trinajstić information content (AvgIpc) is 2.76. The molecule has 10 heteroatoms. The molecule has 1 saturated heterocycles. The topological polar surface area (TPSA) is 131 Å². The van der Waals surface area contributed by atoms with Gasteiger partial charge in [-0.1, -0.05) is 0 Å². The standard InChI is InChI=1S/C11H17N2O7P/c1-5-4-13(11(16)12-10(5)15)8-3-7(20-21(17)18)9(19-8)6(2)14/h4,6-9,14,21H,3H2,1-2H3,(H,17,18)(H,12,15,16)/t6-,7+,8+,9+/m0/s1. The van der Waals surface area contributed by atoms with Gasteiger partial charge in [0.25, 0.3) is 5.56 Å². The molecule has 0 amide bonds. The van der Waals surface area contributed by atoms with Gasteiger partial charge >= 0.3 is 13.9 Å². The summed E-state index contributed by atoms with van der Waals surface area (Å²) in [7, 11) is -3.20. The van der Waals surface area contributed by atoms with E-state index in [1.807, 2.05) is 0 Å². The van der Waals surface area contributed by atoms with Crippen LogP contribution in [-0.2, 0) is 13.8 Å². The first kappa shape index (κ1) is 16.1. The molecule has 0 radical (unpaired) electrons. The Morgan fingerprint density at radius 2 is 2.24 bits per heavy atom. The van der Waals surface area contributed by atoms with Crippen molar-refractivity contribution in [2.75, 3.05) is 0 Å². The molecular formula is C11H17N2O7P. The Morgan fingerprint density at radius 3 is 2.81 bits per heavy atom. The average molecular weight is 320 g/mol. The third kappa shape index (κ3) is 3.50. The highest BCUT2D eigenvalue weighted by Crippen LogP contribution is 2.36. The number of aromatic nitrogens is 2. The fraction of sp³-hybridized carbons (Fsp3) is 0.636. The van der Waals surface area contributed by atoms with Gasteiger partial charge in [0.05, 0.1) is 12.2 Å². The van der Waals surface area contributed by atoms with E-state index < -0.39 is 44.0 Å². The lowest BCUT2D eigenvalue weighted by molar-refractivity contribution is -0.0735. The lowest BCUT2D eigenvalue weighted by Gasteiger charge is -2.20. The molecule has 118 valence electrons. The smallest absolute Gasteiger partial charge is 0.330 e. The molecule has 2 heterocycles. The molecular weight excluding hydrogens is 303 g/mol. The van der Waals surface area contributed by atoms with Crippen LogP contribution in [0.5, 0.6) is 0 Å². The Morgan fingerprint density at radius 1 is 1.57 bits per heavy atom. The van der Waals surface area contributed by atoms with Gasteiger partial charge in [0, 0.05) is 18.2 Å². The number of aliphatic hydroxyl groups excluding tert-OH is 1. The Hall–Kier alpha value is -1.25. The molecule has 1 aromatic rings. The SMILES string of the molecule is Cc1cn([C@H]2C[C@@H](O[PH](=O)O)[C@@H]([C@H](C)O)O2)c(=O)[nH]c1=O. The van der Waals surface area contributed by atoms with Crippen molar-refractivity contribution in [1.82, 2.24) is 9.55 Å². The second kappa shape index (κ2) is 6.25. The summed E-state index contributed by atoms with van der Waals surface area (Å²) in [5.74, 6) is 0. The number of H-pyrrole nitrogens is 1. The van der Waals surface area contributed by atoms with Crippen LogP contribution in [0.4, 0.5) is 0 Å². The Kier molecular flexibility index (Phi) is 4.80. The number of aryl methyl sites for hydroxylation is 1. The number of rotatable bonds is 4. The molecule has 0 aliphatic carbocycles. The molecule has 21 heavy (non-hydrogen) atoms. The Balaban J connectivity index is 2.30. The number of hydrogen-bond acceptors (Lipinski definition) is 6. The first-order valence-corrected chi connectivity index (χ1v) is 7.61. The molecule has 1 aromatic heterocycles. The maximum Gasteiger partial charge on any atom is 0.330 e. The molecule has 0 aromatic carbocycles. The highest BCUT2D eigenvalue weighted by Gasteiger charge is 2.41. The van der Waals surface area contributed by atoms with Crippen LogP contribution in [0.25, 0.3) is 0 Å². The van der Waals surface area contributed by atoms with Gasteiger partial charge < -0.3 is 19.3 Å². The van der Waals surface area contributed by atoms with E-state index in [-0.39, 0.29) is 6.42 Å². The molecule has 2 rings (SSSR count). The first-order chi connectivity index (χ1) is 9.79. The zero-order valence-corrected chi connectivity index (χ0v) is 12.5. The van der Waals surface area contributed by atoms with Crippen molar-refractivity contribution in [3.05, 3.63) is 32.6 Å². The van der Waals surface area contributed by atoms with E-state index in [1.54, 1.807) is 0 Å². The molecule has 1 aliphatic rings. The van der Waals surface area contributed by atoms with E-state index in [2.05, 4.69) is 4.98 Å². The van der Waals surface area contributed by atoms with E-state index in [0.29, 0.717) is 5.56 Å². The summed E-state index contributed by atoms with van der Waals surface area (Å²) in [6.45, 7) is 3.00. The van der Waals surface area contributed by atoms with Crippen LogP contribution >= 0.6 is 8.25 Å². The minimum atomic E-state index is -3.20. The van der Waals surface area contributed by atoms with E-state index in [1.165, 1.54) is 24.6 Å². The van der Waals surface area contributed by atoms with Crippen LogP contribution in [0.1, 0.15) is 25.1 Å². The fourth-order valence-electron chi connectivity index (χ4n) is 2.31. The van der Waals surface area contributed by atoms with Crippen molar-refractivity contribution in [2.24, 2.45) is 0 Å². The summed E-state index contributed by atoms with van der Waals surface area (Å²) >= 11 is 0. The van der Waals surface area contributed by atoms with Crippen LogP contribution in [0.15, 0.2) is 15.8 Å². The normalized spacial score (nSPS) is 28.5. The molecule has 1 unspecified atom stereocenters. The van der Waals surface area contributed by atoms with Crippen molar-refractivity contribution >= 4 is 8.25 Å². The summed E-state index contributed by atoms with van der Waals surface area (Å²) in [6, 6.07) is 0. The van der Waals surface area contributed by atoms with Gasteiger partial charge in [0.2, 0.25) is 0 Å². The number of aromatic amines is 1. The Bertz CT molecular complexity index is 653. The molecule has 0 spiro atoms. The molecule has 5 atom stereocenters. The monoisotopic (exact) mass is 320 g/mol. The number of ether oxygens (including phenoxy) is 1. The van der Waals surface area contributed by atoms with Crippen molar-refractivity contribution < 1.29 is 23.8 Å². The summed E-state index contributed by atoms with van der Waals surface area (Å²) in [5.41, 5.74) is -0.821. The third-order valence-corrected chi connectivity index (χ3v) is 3.80. The van der Waals surface area contributed by atoms with Gasteiger partial charge in [-0.25, -0.2) is 4.79 Å². The largest absolute Gasteiger partial charge is 0.391 e. The van der Waals surface area contributed by atoms with Gasteiger partial charge in [-0.3, -0.25) is 18.9 Å². The lowest BCUT2D eigenvalue weighted by atomic mass is 10.1. The molecule has 0 bridgehead atoms. The third-order valence-electron chi connectivity index (χ3n) is 3.30. The first-order valence-electron chi connectivity index (χ1n) is 6.34. The van der Waals surface area contributed by atoms with Crippen molar-refractivity contribution in [3.8, 4) is 0 Å². The molecule has 0 saturated carbocycles. The van der Waals surface area contributed by atoms with Crippen molar-refractivity contribution in [2.45, 2.75) is 44.8 Å². The second-order valence-corrected chi connectivity index (χ2v) is 5.70. The quantitative estimate of drug-likeness (QED) is 0.624. The van der Waals surface area contributed by atoms with E-state index in [9.17, 15) is 19.3 Å². The van der Waals surface area contributed by atoms with Crippen LogP contribution in [0, 0.1) is 6.92 Å². The summed E-state index contributed by atoms with van der Waals surface area (Å²) in [6.07, 6.45) is -1.94. The zero-order valence-electron chi connectivity index (χ0n) is 11.5. The van der Waals surface area contributed by atoms with Gasteiger partial charge in [0.15, 0.2) is 0 Å². The van der Waals surface area contributed by atoms with Gasteiger partial charge in [-0.15, -0.1) is 0 Å². The number of nitrogens with one attached hydrogen (secondary N) is 1. The predicted octanol–water partition coefficient (Wildman–Crippen LogP) is -0.719. The molecule has 3 N–H and O–H groups in total. The number of hydrogen-bond donors (Lipinski definition) is 3. The van der Waals surface area contributed by atoms with Crippen LogP contribution in [-0.4, -0.2) is 37.9 Å². The van der Waals surface area contributed by atoms with Crippen molar-refractivity contribution in [3.63, 3.8) is 0 Å². The number of nitrogens with zero attached hydrogens (tertiary/aromatic N) is 1. The van der Waals surface area contributed by atoms with E-state index in [0.717, 1.165) is 0 Å². The summed E-state index contributed by atoms with van der Waals surface area (Å²) in [5, 5.41) is 9.65. The van der Waals surface area contributed by atoms with Gasteiger partial charge in [0.1, 0.15) is 12.3 Å². The molecule has 1 fully saturated rings. The van der Waals surface area contributed by atoms with Crippen LogP contribution in [0.2, 0.25) is 0 Å². The molecule has 9 nitrogen and oxygen atoms in total. The minimum Gasteiger partial charge on any atom is -0.391 e. The fourth-order valence-corrected chi connectivity index (χ4v) is 2.79. The van der Waals surface area contributed by atoms with E-state index >= 15 is 0 Å². The highest BCUT2D eigenvalue weighted by molar-refractivity contribution is 7.32.